The second kappa shape index (κ2) is 7.81. The fraction of sp³-hybridized carbons (Fsp3) is 0.583. The minimum Gasteiger partial charge on any atom is -0.369 e. The van der Waals surface area contributed by atoms with Crippen LogP contribution >= 0.6 is 0 Å². The predicted molar refractivity (Wildman–Crippen MR) is 121 cm³/mol. The van der Waals surface area contributed by atoms with Crippen LogP contribution in [0.2, 0.25) is 0 Å². The van der Waals surface area contributed by atoms with Crippen LogP contribution in [0.5, 0.6) is 0 Å². The highest BCUT2D eigenvalue weighted by molar-refractivity contribution is 5.97. The number of nitrogens with one attached hydrogen (secondary N) is 1. The lowest BCUT2D eigenvalue weighted by molar-refractivity contribution is -0.145. The number of primary amides is 1. The van der Waals surface area contributed by atoms with Crippen molar-refractivity contribution < 1.29 is 14.0 Å². The maximum absolute atomic E-state index is 13.5. The van der Waals surface area contributed by atoms with Gasteiger partial charge in [0.15, 0.2) is 5.82 Å². The molecule has 2 heterocycles. The largest absolute Gasteiger partial charge is 0.369 e. The van der Waals surface area contributed by atoms with Gasteiger partial charge in [0.1, 0.15) is 5.56 Å². The van der Waals surface area contributed by atoms with E-state index in [-0.39, 0.29) is 29.7 Å². The SMILES string of the molecule is CC(C)(C=Cn1ncc(C(=O)NC2C3CC4CC2CC(C(N)=O)(C4)C3)c1-n1cccn1)CF. The number of hydrogen-bond donors (Lipinski definition) is 2. The van der Waals surface area contributed by atoms with Gasteiger partial charge in [-0.1, -0.05) is 19.9 Å². The molecule has 2 atom stereocenters. The van der Waals surface area contributed by atoms with Crippen LogP contribution in [0.4, 0.5) is 4.39 Å². The molecular weight excluding hydrogens is 423 g/mol. The van der Waals surface area contributed by atoms with E-state index in [1.54, 1.807) is 53.9 Å². The number of carbonyl (C=O) groups is 2. The highest BCUT2D eigenvalue weighted by Gasteiger charge is 2.58. The smallest absolute Gasteiger partial charge is 0.257 e. The van der Waals surface area contributed by atoms with Gasteiger partial charge in [0.2, 0.25) is 5.91 Å². The van der Waals surface area contributed by atoms with E-state index in [1.165, 1.54) is 6.20 Å². The van der Waals surface area contributed by atoms with Crippen LogP contribution in [-0.2, 0) is 4.79 Å². The molecule has 2 amide bonds. The van der Waals surface area contributed by atoms with Gasteiger partial charge in [-0.3, -0.25) is 14.0 Å². The summed E-state index contributed by atoms with van der Waals surface area (Å²) in [5.41, 5.74) is 5.16. The summed E-state index contributed by atoms with van der Waals surface area (Å²) in [5, 5.41) is 11.9. The van der Waals surface area contributed by atoms with Gasteiger partial charge in [0.25, 0.3) is 5.91 Å². The number of allylic oxidation sites excluding steroid dienone is 1. The molecule has 0 aromatic carbocycles. The molecule has 0 spiro atoms. The Morgan fingerprint density at radius 1 is 1.27 bits per heavy atom. The van der Waals surface area contributed by atoms with Crippen molar-refractivity contribution in [2.24, 2.45) is 34.3 Å². The Labute approximate surface area is 192 Å². The molecule has 0 saturated heterocycles. The van der Waals surface area contributed by atoms with Crippen molar-refractivity contribution >= 4 is 18.0 Å². The molecule has 176 valence electrons. The summed E-state index contributed by atoms with van der Waals surface area (Å²) >= 11 is 0. The Hall–Kier alpha value is -2.97. The molecule has 4 bridgehead atoms. The Bertz CT molecular complexity index is 1070. The third kappa shape index (κ3) is 3.77. The number of alkyl halides is 1. The zero-order valence-electron chi connectivity index (χ0n) is 19.1. The maximum atomic E-state index is 13.5. The monoisotopic (exact) mass is 454 g/mol. The van der Waals surface area contributed by atoms with Gasteiger partial charge in [-0.25, -0.2) is 9.36 Å². The van der Waals surface area contributed by atoms with E-state index in [9.17, 15) is 14.0 Å². The lowest BCUT2D eigenvalue weighted by Crippen LogP contribution is -2.62. The van der Waals surface area contributed by atoms with E-state index in [1.807, 2.05) is 0 Å². The van der Waals surface area contributed by atoms with Crippen LogP contribution in [0.15, 0.2) is 30.7 Å². The zero-order chi connectivity index (χ0) is 23.4. The number of halogens is 1. The normalized spacial score (nSPS) is 30.8. The summed E-state index contributed by atoms with van der Waals surface area (Å²) < 4.78 is 16.4. The second-order valence-corrected chi connectivity index (χ2v) is 10.8. The molecule has 6 rings (SSSR count). The Kier molecular flexibility index (Phi) is 5.17. The number of aromatic nitrogens is 4. The number of nitrogens with zero attached hydrogens (tertiary/aromatic N) is 4. The van der Waals surface area contributed by atoms with Crippen molar-refractivity contribution in [1.82, 2.24) is 24.9 Å². The molecule has 4 aliphatic carbocycles. The fourth-order valence-corrected chi connectivity index (χ4v) is 6.36. The first kappa shape index (κ1) is 21.9. The predicted octanol–water partition coefficient (Wildman–Crippen LogP) is 2.95. The summed E-state index contributed by atoms with van der Waals surface area (Å²) in [5.74, 6) is 1.16. The molecule has 0 aliphatic heterocycles. The van der Waals surface area contributed by atoms with Crippen LogP contribution in [0, 0.1) is 28.6 Å². The van der Waals surface area contributed by atoms with Gasteiger partial charge < -0.3 is 11.1 Å². The van der Waals surface area contributed by atoms with E-state index < -0.39 is 17.5 Å². The van der Waals surface area contributed by atoms with Crippen LogP contribution < -0.4 is 11.1 Å². The van der Waals surface area contributed by atoms with Crippen molar-refractivity contribution in [1.29, 1.82) is 0 Å². The van der Waals surface area contributed by atoms with Crippen LogP contribution in [-0.4, -0.2) is 44.1 Å². The third-order valence-corrected chi connectivity index (χ3v) is 7.84. The van der Waals surface area contributed by atoms with Crippen LogP contribution in [0.25, 0.3) is 12.0 Å². The summed E-state index contributed by atoms with van der Waals surface area (Å²) in [6, 6.07) is 1.80. The number of amides is 2. The van der Waals surface area contributed by atoms with Gasteiger partial charge >= 0.3 is 0 Å². The lowest BCUT2D eigenvalue weighted by atomic mass is 9.47. The fourth-order valence-electron chi connectivity index (χ4n) is 6.36. The van der Waals surface area contributed by atoms with Crippen molar-refractivity contribution in [3.05, 3.63) is 36.3 Å². The van der Waals surface area contributed by atoms with Gasteiger partial charge in [0.05, 0.1) is 12.9 Å². The zero-order valence-corrected chi connectivity index (χ0v) is 19.1. The van der Waals surface area contributed by atoms with E-state index in [4.69, 9.17) is 5.73 Å². The van der Waals surface area contributed by atoms with E-state index in [2.05, 4.69) is 15.5 Å². The van der Waals surface area contributed by atoms with Crippen LogP contribution in [0.1, 0.15) is 56.3 Å². The summed E-state index contributed by atoms with van der Waals surface area (Å²) in [6.07, 6.45) is 12.8. The first-order valence-corrected chi connectivity index (χ1v) is 11.6. The molecule has 2 aromatic rings. The van der Waals surface area contributed by atoms with Gasteiger partial charge in [-0.05, 0) is 55.9 Å². The van der Waals surface area contributed by atoms with Gasteiger partial charge in [0, 0.05) is 35.5 Å². The van der Waals surface area contributed by atoms with Crippen molar-refractivity contribution in [3.8, 4) is 5.82 Å². The minimum absolute atomic E-state index is 0.0244. The number of hydrogen-bond acceptors (Lipinski definition) is 4. The molecule has 4 aliphatic rings. The first-order valence-electron chi connectivity index (χ1n) is 11.6. The molecule has 4 fully saturated rings. The van der Waals surface area contributed by atoms with E-state index in [0.29, 0.717) is 17.3 Å². The number of carbonyl (C=O) groups excluding carboxylic acids is 2. The third-order valence-electron chi connectivity index (χ3n) is 7.84. The molecule has 0 radical (unpaired) electrons. The van der Waals surface area contributed by atoms with Crippen molar-refractivity contribution in [3.63, 3.8) is 0 Å². The lowest BCUT2D eigenvalue weighted by Gasteiger charge is -2.58. The van der Waals surface area contributed by atoms with E-state index >= 15 is 0 Å². The van der Waals surface area contributed by atoms with Gasteiger partial charge in [-0.2, -0.15) is 10.2 Å². The number of rotatable bonds is 7. The van der Waals surface area contributed by atoms with Gasteiger partial charge in [-0.15, -0.1) is 0 Å². The highest BCUT2D eigenvalue weighted by atomic mass is 19.1. The molecule has 2 aromatic heterocycles. The topological polar surface area (TPSA) is 108 Å². The van der Waals surface area contributed by atoms with E-state index in [0.717, 1.165) is 32.1 Å². The Morgan fingerprint density at radius 3 is 2.61 bits per heavy atom. The number of nitrogens with two attached hydrogens (primary N) is 1. The van der Waals surface area contributed by atoms with Crippen molar-refractivity contribution in [2.45, 2.75) is 52.0 Å². The highest BCUT2D eigenvalue weighted by Crippen LogP contribution is 2.59. The summed E-state index contributed by atoms with van der Waals surface area (Å²) in [7, 11) is 0. The molecular formula is C24H31FN6O2. The molecule has 8 nitrogen and oxygen atoms in total. The average molecular weight is 455 g/mol. The quantitative estimate of drug-likeness (QED) is 0.671. The average Bonchev–Trinajstić information content (AvgIpc) is 3.43. The first-order chi connectivity index (χ1) is 15.7. The summed E-state index contributed by atoms with van der Waals surface area (Å²) in [4.78, 5) is 25.7. The molecule has 9 heteroatoms. The summed E-state index contributed by atoms with van der Waals surface area (Å²) in [6.45, 7) is 3.08. The Morgan fingerprint density at radius 2 is 2.00 bits per heavy atom. The minimum atomic E-state index is -0.646. The second-order valence-electron chi connectivity index (χ2n) is 10.8. The standard InChI is InChI=1S/C24H31FN6O2/c1-23(2,14-25)4-7-31-21(30-6-3-5-27-30)18(13-28-31)20(32)29-19-16-8-15-9-17(19)12-24(10-15,11-16)22(26)33/h3-7,13,15-17,19H,8-12,14H2,1-2H3,(H2,26,33)(H,29,32). The molecule has 33 heavy (non-hydrogen) atoms. The Balaban J connectivity index is 1.41. The molecule has 2 unspecified atom stereocenters. The molecule has 3 N–H and O–H groups in total. The van der Waals surface area contributed by atoms with Crippen molar-refractivity contribution in [2.75, 3.05) is 6.67 Å². The van der Waals surface area contributed by atoms with Crippen LogP contribution in [0.3, 0.4) is 0 Å². The molecule has 4 saturated carbocycles. The maximum Gasteiger partial charge on any atom is 0.257 e.